The molecule has 0 aliphatic rings. The molecule has 0 heterocycles. The molecule has 0 aromatic heterocycles. The zero-order chi connectivity index (χ0) is 22.9. The van der Waals surface area contributed by atoms with E-state index in [1.807, 2.05) is 19.2 Å². The first-order chi connectivity index (χ1) is 14.0. The van der Waals surface area contributed by atoms with Gasteiger partial charge in [-0.1, -0.05) is 18.2 Å². The average molecular weight is 433 g/mol. The zero-order valence-corrected chi connectivity index (χ0v) is 16.9. The lowest BCUT2D eigenvalue weighted by Crippen LogP contribution is -2.21. The van der Waals surface area contributed by atoms with Crippen LogP contribution in [0.1, 0.15) is 11.1 Å². The largest absolute Gasteiger partial charge is 0.493 e. The summed E-state index contributed by atoms with van der Waals surface area (Å²) in [5.41, 5.74) is 2.04. The van der Waals surface area contributed by atoms with E-state index in [-0.39, 0.29) is 5.82 Å². The normalized spacial score (nSPS) is 10.8. The molecular weight excluding hydrogens is 410 g/mol. The quantitative estimate of drug-likeness (QED) is 0.663. The molecule has 0 saturated heterocycles. The van der Waals surface area contributed by atoms with Gasteiger partial charge < -0.3 is 19.3 Å². The number of nitrogens with zero attached hydrogens (tertiary/aromatic N) is 1. The van der Waals surface area contributed by atoms with Crippen molar-refractivity contribution in [2.24, 2.45) is 0 Å². The predicted octanol–water partition coefficient (Wildman–Crippen LogP) is 4.12. The maximum Gasteiger partial charge on any atom is 0.490 e. The molecule has 0 saturated carbocycles. The first kappa shape index (κ1) is 25.0. The molecule has 0 unspecified atom stereocenters. The van der Waals surface area contributed by atoms with Crippen molar-refractivity contribution in [3.05, 3.63) is 53.3 Å². The minimum Gasteiger partial charge on any atom is -0.493 e. The molecule has 0 aliphatic heterocycles. The summed E-state index contributed by atoms with van der Waals surface area (Å²) >= 11 is 0. The molecule has 0 amide bonds. The summed E-state index contributed by atoms with van der Waals surface area (Å²) < 4.78 is 60.9. The standard InChI is InChI=1S/C18H22FNO3.C2HF3O2/c1-20(11-13-5-8-15(19)9-6-13)12-14-7-10-16(21-2)18(23-4)17(14)22-3;3-2(4,5)1(6)7/h5-10H,11-12H2,1-4H3;(H,6,7). The Morgan fingerprint density at radius 3 is 1.90 bits per heavy atom. The van der Waals surface area contributed by atoms with Gasteiger partial charge in [-0.05, 0) is 30.8 Å². The van der Waals surface area contributed by atoms with Crippen molar-refractivity contribution in [3.8, 4) is 17.2 Å². The molecule has 10 heteroatoms. The molecule has 0 bridgehead atoms. The van der Waals surface area contributed by atoms with Gasteiger partial charge in [-0.25, -0.2) is 9.18 Å². The fourth-order valence-electron chi connectivity index (χ4n) is 2.54. The number of alkyl halides is 3. The minimum absolute atomic E-state index is 0.224. The molecule has 166 valence electrons. The van der Waals surface area contributed by atoms with Crippen molar-refractivity contribution in [2.45, 2.75) is 19.3 Å². The van der Waals surface area contributed by atoms with E-state index >= 15 is 0 Å². The van der Waals surface area contributed by atoms with Crippen LogP contribution in [-0.4, -0.2) is 50.5 Å². The highest BCUT2D eigenvalue weighted by Gasteiger charge is 2.38. The number of ether oxygens (including phenoxy) is 3. The summed E-state index contributed by atoms with van der Waals surface area (Å²) in [4.78, 5) is 11.0. The molecule has 0 radical (unpaired) electrons. The monoisotopic (exact) mass is 433 g/mol. The predicted molar refractivity (Wildman–Crippen MR) is 101 cm³/mol. The van der Waals surface area contributed by atoms with E-state index in [1.165, 1.54) is 12.1 Å². The number of aliphatic carboxylic acids is 1. The Balaban J connectivity index is 0.000000553. The Kier molecular flexibility index (Phi) is 9.38. The molecular formula is C20H23F4NO5. The molecule has 2 aromatic carbocycles. The van der Waals surface area contributed by atoms with Crippen molar-refractivity contribution >= 4 is 5.97 Å². The van der Waals surface area contributed by atoms with Crippen LogP contribution in [0.2, 0.25) is 0 Å². The van der Waals surface area contributed by atoms with Crippen LogP contribution < -0.4 is 14.2 Å². The van der Waals surface area contributed by atoms with E-state index in [9.17, 15) is 17.6 Å². The van der Waals surface area contributed by atoms with Gasteiger partial charge in [0.1, 0.15) is 5.82 Å². The van der Waals surface area contributed by atoms with E-state index in [0.29, 0.717) is 30.3 Å². The Morgan fingerprint density at radius 1 is 0.933 bits per heavy atom. The summed E-state index contributed by atoms with van der Waals surface area (Å²) in [6.07, 6.45) is -5.08. The Labute approximate surface area is 171 Å². The van der Waals surface area contributed by atoms with Gasteiger partial charge in [0.15, 0.2) is 11.5 Å². The molecule has 2 rings (SSSR count). The van der Waals surface area contributed by atoms with E-state index in [1.54, 1.807) is 33.5 Å². The minimum atomic E-state index is -5.08. The summed E-state index contributed by atoms with van der Waals surface area (Å²) in [6.45, 7) is 1.37. The van der Waals surface area contributed by atoms with Crippen molar-refractivity contribution in [1.82, 2.24) is 4.90 Å². The van der Waals surface area contributed by atoms with Gasteiger partial charge in [-0.15, -0.1) is 0 Å². The third kappa shape index (κ3) is 7.43. The first-order valence-corrected chi connectivity index (χ1v) is 8.54. The lowest BCUT2D eigenvalue weighted by molar-refractivity contribution is -0.192. The van der Waals surface area contributed by atoms with Gasteiger partial charge in [0.2, 0.25) is 5.75 Å². The summed E-state index contributed by atoms with van der Waals surface area (Å²) in [5.74, 6) is -1.10. The van der Waals surface area contributed by atoms with Crippen molar-refractivity contribution in [2.75, 3.05) is 28.4 Å². The number of carboxylic acid groups (broad SMARTS) is 1. The van der Waals surface area contributed by atoms with Gasteiger partial charge in [0.25, 0.3) is 0 Å². The maximum absolute atomic E-state index is 13.0. The van der Waals surface area contributed by atoms with Crippen LogP contribution in [0.5, 0.6) is 17.2 Å². The summed E-state index contributed by atoms with van der Waals surface area (Å²) in [5, 5.41) is 7.12. The van der Waals surface area contributed by atoms with Gasteiger partial charge >= 0.3 is 12.1 Å². The lowest BCUT2D eigenvalue weighted by Gasteiger charge is -2.20. The molecule has 30 heavy (non-hydrogen) atoms. The van der Waals surface area contributed by atoms with Gasteiger partial charge in [-0.2, -0.15) is 13.2 Å². The molecule has 1 N–H and O–H groups in total. The van der Waals surface area contributed by atoms with Gasteiger partial charge in [0, 0.05) is 18.7 Å². The number of benzene rings is 2. The Bertz CT molecular complexity index is 825. The lowest BCUT2D eigenvalue weighted by atomic mass is 10.1. The molecule has 2 aromatic rings. The summed E-state index contributed by atoms with van der Waals surface area (Å²) in [6, 6.07) is 10.3. The van der Waals surface area contributed by atoms with E-state index < -0.39 is 12.1 Å². The zero-order valence-electron chi connectivity index (χ0n) is 16.9. The van der Waals surface area contributed by atoms with Crippen molar-refractivity contribution < 1.29 is 41.7 Å². The third-order valence-electron chi connectivity index (χ3n) is 3.83. The highest BCUT2D eigenvalue weighted by molar-refractivity contribution is 5.73. The second kappa shape index (κ2) is 11.2. The maximum atomic E-state index is 13.0. The fourth-order valence-corrected chi connectivity index (χ4v) is 2.54. The number of rotatable bonds is 7. The number of halogens is 4. The smallest absolute Gasteiger partial charge is 0.490 e. The fraction of sp³-hybridized carbons (Fsp3) is 0.350. The third-order valence-corrected chi connectivity index (χ3v) is 3.83. The summed E-state index contributed by atoms with van der Waals surface area (Å²) in [7, 11) is 6.80. The molecule has 6 nitrogen and oxygen atoms in total. The number of hydrogen-bond donors (Lipinski definition) is 1. The van der Waals surface area contributed by atoms with E-state index in [4.69, 9.17) is 24.1 Å². The molecule has 0 aliphatic carbocycles. The SMILES string of the molecule is COc1ccc(CN(C)Cc2ccc(F)cc2)c(OC)c1OC.O=C(O)C(F)(F)F. The van der Waals surface area contributed by atoms with Crippen LogP contribution in [0.4, 0.5) is 17.6 Å². The van der Waals surface area contributed by atoms with Gasteiger partial charge in [-0.3, -0.25) is 4.90 Å². The number of methoxy groups -OCH3 is 3. The van der Waals surface area contributed by atoms with Crippen LogP contribution in [0, 0.1) is 5.82 Å². The van der Waals surface area contributed by atoms with Crippen molar-refractivity contribution in [1.29, 1.82) is 0 Å². The van der Waals surface area contributed by atoms with Crippen LogP contribution in [0.15, 0.2) is 36.4 Å². The number of hydrogen-bond acceptors (Lipinski definition) is 5. The first-order valence-electron chi connectivity index (χ1n) is 8.54. The highest BCUT2D eigenvalue weighted by Crippen LogP contribution is 2.40. The molecule has 0 atom stereocenters. The van der Waals surface area contributed by atoms with Crippen LogP contribution in [0.3, 0.4) is 0 Å². The van der Waals surface area contributed by atoms with E-state index in [0.717, 1.165) is 11.1 Å². The topological polar surface area (TPSA) is 68.2 Å². The van der Waals surface area contributed by atoms with Crippen LogP contribution in [0.25, 0.3) is 0 Å². The Morgan fingerprint density at radius 2 is 1.47 bits per heavy atom. The number of carboxylic acids is 1. The molecule has 0 spiro atoms. The second-order valence-corrected chi connectivity index (χ2v) is 6.10. The van der Waals surface area contributed by atoms with Gasteiger partial charge in [0.05, 0.1) is 21.3 Å². The van der Waals surface area contributed by atoms with Crippen molar-refractivity contribution in [3.63, 3.8) is 0 Å². The Hall–Kier alpha value is -3.01. The van der Waals surface area contributed by atoms with Crippen LogP contribution >= 0.6 is 0 Å². The second-order valence-electron chi connectivity index (χ2n) is 6.10. The number of carbonyl (C=O) groups is 1. The molecule has 0 fully saturated rings. The van der Waals surface area contributed by atoms with E-state index in [2.05, 4.69) is 4.90 Å². The van der Waals surface area contributed by atoms with Crippen LogP contribution in [-0.2, 0) is 17.9 Å². The average Bonchev–Trinajstić information content (AvgIpc) is 2.68. The highest BCUT2D eigenvalue weighted by atomic mass is 19.4.